The van der Waals surface area contributed by atoms with Gasteiger partial charge in [-0.1, -0.05) is 30.3 Å². The summed E-state index contributed by atoms with van der Waals surface area (Å²) < 4.78 is 27.6. The first-order valence-corrected chi connectivity index (χ1v) is 13.0. The highest BCUT2D eigenvalue weighted by atomic mass is 32.2. The first kappa shape index (κ1) is 23.9. The van der Waals surface area contributed by atoms with Crippen LogP contribution < -0.4 is 5.69 Å². The van der Waals surface area contributed by atoms with Crippen LogP contribution in [0.3, 0.4) is 0 Å². The van der Waals surface area contributed by atoms with E-state index >= 15 is 0 Å². The highest BCUT2D eigenvalue weighted by Gasteiger charge is 2.29. The van der Waals surface area contributed by atoms with Crippen LogP contribution in [0, 0.1) is 0 Å². The summed E-state index contributed by atoms with van der Waals surface area (Å²) in [4.78, 5) is 27.7. The number of carbonyl (C=O) groups is 1. The lowest BCUT2D eigenvalue weighted by Gasteiger charge is -2.31. The van der Waals surface area contributed by atoms with E-state index in [1.54, 1.807) is 49.7 Å². The molecular weight excluding hydrogens is 452 g/mol. The maximum absolute atomic E-state index is 12.9. The van der Waals surface area contributed by atoms with Crippen molar-refractivity contribution in [1.82, 2.24) is 19.2 Å². The third-order valence-corrected chi connectivity index (χ3v) is 8.58. The first-order chi connectivity index (χ1) is 16.2. The number of likely N-dealkylation sites (tertiary alicyclic amines) is 1. The standard InChI is InChI=1S/C25H30N4O4S/c1-18(2)34(32,33)22-11-9-19(10-12-22)17-23(30)28-15-13-20(14-16-28)24-26-27(3)25(31)29(24)21-7-5-4-6-8-21/h4-12,18,20H,13-17H2,1-3H3. The van der Waals surface area contributed by atoms with Crippen molar-refractivity contribution in [1.29, 1.82) is 0 Å². The van der Waals surface area contributed by atoms with E-state index < -0.39 is 15.1 Å². The molecule has 4 rings (SSSR count). The number of aromatic nitrogens is 3. The Morgan fingerprint density at radius 2 is 1.65 bits per heavy atom. The number of aryl methyl sites for hydroxylation is 1. The van der Waals surface area contributed by atoms with E-state index in [4.69, 9.17) is 0 Å². The van der Waals surface area contributed by atoms with Crippen LogP contribution >= 0.6 is 0 Å². The highest BCUT2D eigenvalue weighted by Crippen LogP contribution is 2.28. The summed E-state index contributed by atoms with van der Waals surface area (Å²) in [6.45, 7) is 4.48. The maximum atomic E-state index is 12.9. The SMILES string of the molecule is CC(C)S(=O)(=O)c1ccc(CC(=O)N2CCC(c3nn(C)c(=O)n3-c3ccccc3)CC2)cc1. The Bertz CT molecular complexity index is 1320. The molecular formula is C25H30N4O4S. The number of carbonyl (C=O) groups excluding carboxylic acids is 1. The van der Waals surface area contributed by atoms with Gasteiger partial charge in [-0.3, -0.25) is 4.79 Å². The molecule has 1 saturated heterocycles. The van der Waals surface area contributed by atoms with Gasteiger partial charge in [-0.2, -0.15) is 5.10 Å². The fourth-order valence-corrected chi connectivity index (χ4v) is 5.37. The Morgan fingerprint density at radius 1 is 1.03 bits per heavy atom. The number of para-hydroxylation sites is 1. The van der Waals surface area contributed by atoms with Crippen LogP contribution in [0.15, 0.2) is 64.3 Å². The molecule has 1 aliphatic rings. The van der Waals surface area contributed by atoms with Crippen molar-refractivity contribution in [3.05, 3.63) is 76.5 Å². The molecule has 1 aliphatic heterocycles. The molecule has 9 heteroatoms. The highest BCUT2D eigenvalue weighted by molar-refractivity contribution is 7.92. The van der Waals surface area contributed by atoms with E-state index in [2.05, 4.69) is 5.10 Å². The molecule has 8 nitrogen and oxygen atoms in total. The minimum absolute atomic E-state index is 0.0133. The Kier molecular flexibility index (Phi) is 6.74. The van der Waals surface area contributed by atoms with E-state index in [0.717, 1.165) is 29.9 Å². The molecule has 1 fully saturated rings. The normalized spacial score (nSPS) is 15.1. The topological polar surface area (TPSA) is 94.3 Å². The van der Waals surface area contributed by atoms with Gasteiger partial charge in [-0.15, -0.1) is 0 Å². The quantitative estimate of drug-likeness (QED) is 0.539. The van der Waals surface area contributed by atoms with Gasteiger partial charge in [-0.05, 0) is 56.5 Å². The van der Waals surface area contributed by atoms with Crippen LogP contribution in [0.1, 0.15) is 44.0 Å². The molecule has 0 aliphatic carbocycles. The van der Waals surface area contributed by atoms with Gasteiger partial charge < -0.3 is 4.90 Å². The molecule has 34 heavy (non-hydrogen) atoms. The second-order valence-electron chi connectivity index (χ2n) is 9.00. The summed E-state index contributed by atoms with van der Waals surface area (Å²) >= 11 is 0. The van der Waals surface area contributed by atoms with Crippen LogP contribution in [-0.2, 0) is 28.1 Å². The fraction of sp³-hybridized carbons (Fsp3) is 0.400. The third-order valence-electron chi connectivity index (χ3n) is 6.40. The molecule has 0 unspecified atom stereocenters. The van der Waals surface area contributed by atoms with Crippen molar-refractivity contribution in [3.8, 4) is 5.69 Å². The number of hydrogen-bond donors (Lipinski definition) is 0. The predicted molar refractivity (Wildman–Crippen MR) is 130 cm³/mol. The van der Waals surface area contributed by atoms with Crippen LogP contribution in [0.5, 0.6) is 0 Å². The lowest BCUT2D eigenvalue weighted by molar-refractivity contribution is -0.131. The Balaban J connectivity index is 1.42. The summed E-state index contributed by atoms with van der Waals surface area (Å²) in [5.74, 6) is 0.825. The maximum Gasteiger partial charge on any atom is 0.350 e. The van der Waals surface area contributed by atoms with Crippen molar-refractivity contribution >= 4 is 15.7 Å². The molecule has 0 radical (unpaired) electrons. The second-order valence-corrected chi connectivity index (χ2v) is 11.5. The third kappa shape index (κ3) is 4.70. The number of nitrogens with zero attached hydrogens (tertiary/aromatic N) is 4. The van der Waals surface area contributed by atoms with Crippen LogP contribution in [0.2, 0.25) is 0 Å². The average Bonchev–Trinajstić information content (AvgIpc) is 3.14. The first-order valence-electron chi connectivity index (χ1n) is 11.5. The molecule has 2 heterocycles. The number of sulfone groups is 1. The molecule has 180 valence electrons. The van der Waals surface area contributed by atoms with E-state index in [0.29, 0.717) is 13.1 Å². The van der Waals surface area contributed by atoms with Gasteiger partial charge in [0.1, 0.15) is 5.82 Å². The number of hydrogen-bond acceptors (Lipinski definition) is 5. The summed E-state index contributed by atoms with van der Waals surface area (Å²) in [5.41, 5.74) is 1.40. The van der Waals surface area contributed by atoms with Crippen molar-refractivity contribution in [2.24, 2.45) is 7.05 Å². The molecule has 1 amide bonds. The lowest BCUT2D eigenvalue weighted by Crippen LogP contribution is -2.39. The fourth-order valence-electron chi connectivity index (χ4n) is 4.31. The monoisotopic (exact) mass is 482 g/mol. The van der Waals surface area contributed by atoms with Gasteiger partial charge in [0.2, 0.25) is 5.91 Å². The Morgan fingerprint density at radius 3 is 2.24 bits per heavy atom. The smallest absolute Gasteiger partial charge is 0.342 e. The summed E-state index contributed by atoms with van der Waals surface area (Å²) in [6, 6.07) is 16.1. The molecule has 0 bridgehead atoms. The molecule has 2 aromatic carbocycles. The van der Waals surface area contributed by atoms with Gasteiger partial charge in [0, 0.05) is 26.1 Å². The van der Waals surface area contributed by atoms with Gasteiger partial charge in [0.25, 0.3) is 0 Å². The minimum Gasteiger partial charge on any atom is -0.342 e. The second kappa shape index (κ2) is 9.58. The van der Waals surface area contributed by atoms with E-state index in [1.165, 1.54) is 4.68 Å². The van der Waals surface area contributed by atoms with Crippen molar-refractivity contribution < 1.29 is 13.2 Å². The number of rotatable bonds is 6. The van der Waals surface area contributed by atoms with Crippen molar-refractivity contribution in [3.63, 3.8) is 0 Å². The molecule has 0 atom stereocenters. The summed E-state index contributed by atoms with van der Waals surface area (Å²) in [5, 5.41) is 4.02. The van der Waals surface area contributed by atoms with E-state index in [1.807, 2.05) is 35.2 Å². The van der Waals surface area contributed by atoms with Crippen LogP contribution in [0.25, 0.3) is 5.69 Å². The number of benzene rings is 2. The number of amides is 1. The largest absolute Gasteiger partial charge is 0.350 e. The minimum atomic E-state index is -3.33. The molecule has 1 aromatic heterocycles. The zero-order valence-corrected chi connectivity index (χ0v) is 20.5. The Labute approximate surface area is 199 Å². The zero-order valence-electron chi connectivity index (χ0n) is 19.7. The predicted octanol–water partition coefficient (Wildman–Crippen LogP) is 2.70. The molecule has 0 N–H and O–H groups in total. The van der Waals surface area contributed by atoms with Crippen LogP contribution in [0.4, 0.5) is 0 Å². The summed E-state index contributed by atoms with van der Waals surface area (Å²) in [7, 11) is -1.67. The number of piperidine rings is 1. The van der Waals surface area contributed by atoms with E-state index in [9.17, 15) is 18.0 Å². The summed E-state index contributed by atoms with van der Waals surface area (Å²) in [6.07, 6.45) is 1.67. The zero-order chi connectivity index (χ0) is 24.5. The molecule has 3 aromatic rings. The van der Waals surface area contributed by atoms with Gasteiger partial charge in [-0.25, -0.2) is 22.5 Å². The van der Waals surface area contributed by atoms with Gasteiger partial charge >= 0.3 is 5.69 Å². The van der Waals surface area contributed by atoms with Crippen molar-refractivity contribution in [2.45, 2.75) is 49.2 Å². The lowest BCUT2D eigenvalue weighted by atomic mass is 9.95. The van der Waals surface area contributed by atoms with Crippen LogP contribution in [-0.4, -0.2) is 51.9 Å². The average molecular weight is 483 g/mol. The Hall–Kier alpha value is -3.20. The molecule has 0 spiro atoms. The van der Waals surface area contributed by atoms with E-state index in [-0.39, 0.29) is 28.8 Å². The molecule has 0 saturated carbocycles. The van der Waals surface area contributed by atoms with Gasteiger partial charge in [0.05, 0.1) is 22.3 Å². The van der Waals surface area contributed by atoms with Gasteiger partial charge in [0.15, 0.2) is 9.84 Å². The van der Waals surface area contributed by atoms with Crippen molar-refractivity contribution in [2.75, 3.05) is 13.1 Å².